The second kappa shape index (κ2) is 7.20. The first-order valence-electron chi connectivity index (χ1n) is 6.00. The van der Waals surface area contributed by atoms with Crippen molar-refractivity contribution in [3.63, 3.8) is 0 Å². The van der Waals surface area contributed by atoms with Gasteiger partial charge in [-0.1, -0.05) is 27.2 Å². The second-order valence-corrected chi connectivity index (χ2v) is 5.11. The van der Waals surface area contributed by atoms with Crippen LogP contribution >= 0.6 is 0 Å². The highest BCUT2D eigenvalue weighted by Gasteiger charge is 2.25. The van der Waals surface area contributed by atoms with Gasteiger partial charge in [-0.25, -0.2) is 0 Å². The Morgan fingerprint density at radius 2 is 2.00 bits per heavy atom. The number of unbranched alkanes of at least 4 members (excludes halogenated alkanes) is 1. The van der Waals surface area contributed by atoms with Crippen molar-refractivity contribution >= 4 is 0 Å². The minimum Gasteiger partial charge on any atom is -0.394 e. The molecule has 0 spiro atoms. The summed E-state index contributed by atoms with van der Waals surface area (Å²) in [7, 11) is 2.12. The summed E-state index contributed by atoms with van der Waals surface area (Å²) in [5, 5.41) is 12.8. The van der Waals surface area contributed by atoms with E-state index >= 15 is 0 Å². The molecule has 0 aromatic carbocycles. The van der Waals surface area contributed by atoms with Gasteiger partial charge in [0.05, 0.1) is 12.1 Å². The van der Waals surface area contributed by atoms with Gasteiger partial charge in [0.25, 0.3) is 0 Å². The summed E-state index contributed by atoms with van der Waals surface area (Å²) in [5.41, 5.74) is -0.184. The van der Waals surface area contributed by atoms with Gasteiger partial charge in [0, 0.05) is 12.6 Å². The number of nitrogens with one attached hydrogen (secondary N) is 1. The van der Waals surface area contributed by atoms with Crippen LogP contribution in [0.15, 0.2) is 0 Å². The molecule has 0 saturated heterocycles. The number of hydrogen-bond donors (Lipinski definition) is 2. The fraction of sp³-hybridized carbons (Fsp3) is 1.00. The van der Waals surface area contributed by atoms with Gasteiger partial charge < -0.3 is 15.3 Å². The van der Waals surface area contributed by atoms with E-state index in [0.29, 0.717) is 6.04 Å². The van der Waals surface area contributed by atoms with E-state index in [1.165, 1.54) is 12.8 Å². The SMILES string of the molecule is CCCCN(C)CC(C)(CO)NC(C)C. The first kappa shape index (κ1) is 14.9. The van der Waals surface area contributed by atoms with Crippen LogP contribution in [0.3, 0.4) is 0 Å². The molecule has 0 rings (SSSR count). The molecule has 0 amide bonds. The quantitative estimate of drug-likeness (QED) is 0.645. The van der Waals surface area contributed by atoms with Crippen molar-refractivity contribution in [3.05, 3.63) is 0 Å². The third-order valence-corrected chi connectivity index (χ3v) is 2.50. The number of nitrogens with zero attached hydrogens (tertiary/aromatic N) is 1. The molecule has 3 heteroatoms. The largest absolute Gasteiger partial charge is 0.394 e. The molecule has 0 saturated carbocycles. The topological polar surface area (TPSA) is 35.5 Å². The van der Waals surface area contributed by atoms with Crippen molar-refractivity contribution in [2.45, 2.75) is 52.1 Å². The molecule has 92 valence electrons. The summed E-state index contributed by atoms with van der Waals surface area (Å²) in [6.45, 7) is 10.7. The van der Waals surface area contributed by atoms with Crippen LogP contribution in [0.1, 0.15) is 40.5 Å². The summed E-state index contributed by atoms with van der Waals surface area (Å²) in [4.78, 5) is 2.29. The molecular weight excluding hydrogens is 188 g/mol. The van der Waals surface area contributed by atoms with E-state index in [2.05, 4.69) is 45.0 Å². The Labute approximate surface area is 94.9 Å². The molecule has 0 radical (unpaired) electrons. The molecule has 1 atom stereocenters. The molecule has 2 N–H and O–H groups in total. The molecule has 0 aliphatic carbocycles. The Balaban J connectivity index is 4.05. The van der Waals surface area contributed by atoms with Crippen molar-refractivity contribution in [2.24, 2.45) is 0 Å². The van der Waals surface area contributed by atoms with Crippen molar-refractivity contribution in [2.75, 3.05) is 26.7 Å². The lowest BCUT2D eigenvalue weighted by Gasteiger charge is -2.35. The van der Waals surface area contributed by atoms with Gasteiger partial charge in [-0.3, -0.25) is 0 Å². The van der Waals surface area contributed by atoms with Crippen molar-refractivity contribution < 1.29 is 5.11 Å². The van der Waals surface area contributed by atoms with Gasteiger partial charge in [0.2, 0.25) is 0 Å². The number of hydrogen-bond acceptors (Lipinski definition) is 3. The summed E-state index contributed by atoms with van der Waals surface area (Å²) < 4.78 is 0. The van der Waals surface area contributed by atoms with Gasteiger partial charge in [-0.2, -0.15) is 0 Å². The first-order chi connectivity index (χ1) is 6.93. The van der Waals surface area contributed by atoms with Crippen molar-refractivity contribution in [1.82, 2.24) is 10.2 Å². The Bertz CT molecular complexity index is 162. The van der Waals surface area contributed by atoms with Gasteiger partial charge >= 0.3 is 0 Å². The molecule has 0 heterocycles. The Morgan fingerprint density at radius 3 is 2.40 bits per heavy atom. The van der Waals surface area contributed by atoms with Crippen molar-refractivity contribution in [1.29, 1.82) is 0 Å². The maximum Gasteiger partial charge on any atom is 0.0623 e. The molecule has 0 bridgehead atoms. The zero-order valence-corrected chi connectivity index (χ0v) is 11.0. The molecule has 0 fully saturated rings. The monoisotopic (exact) mass is 216 g/mol. The fourth-order valence-corrected chi connectivity index (χ4v) is 1.94. The lowest BCUT2D eigenvalue weighted by atomic mass is 10.0. The second-order valence-electron chi connectivity index (χ2n) is 5.11. The zero-order valence-electron chi connectivity index (χ0n) is 11.0. The highest BCUT2D eigenvalue weighted by Crippen LogP contribution is 2.07. The van der Waals surface area contributed by atoms with E-state index in [9.17, 15) is 5.11 Å². The smallest absolute Gasteiger partial charge is 0.0623 e. The van der Waals surface area contributed by atoms with Crippen LogP contribution in [0.25, 0.3) is 0 Å². The van der Waals surface area contributed by atoms with E-state index in [-0.39, 0.29) is 12.1 Å². The van der Waals surface area contributed by atoms with Crippen LogP contribution < -0.4 is 5.32 Å². The van der Waals surface area contributed by atoms with Crippen LogP contribution in [-0.2, 0) is 0 Å². The van der Waals surface area contributed by atoms with E-state index in [1.807, 2.05) is 0 Å². The minimum absolute atomic E-state index is 0.182. The lowest BCUT2D eigenvalue weighted by Crippen LogP contribution is -2.55. The summed E-state index contributed by atoms with van der Waals surface area (Å²) in [6, 6.07) is 0.404. The van der Waals surface area contributed by atoms with E-state index in [4.69, 9.17) is 0 Å². The normalized spacial score (nSPS) is 16.0. The third kappa shape index (κ3) is 6.88. The Morgan fingerprint density at radius 1 is 1.40 bits per heavy atom. The van der Waals surface area contributed by atoms with Gasteiger partial charge in [0.1, 0.15) is 0 Å². The number of likely N-dealkylation sites (N-methyl/N-ethyl adjacent to an activating group) is 1. The van der Waals surface area contributed by atoms with Crippen LogP contribution in [0.5, 0.6) is 0 Å². The lowest BCUT2D eigenvalue weighted by molar-refractivity contribution is 0.124. The number of aliphatic hydroxyl groups excluding tert-OH is 1. The average Bonchev–Trinajstić information content (AvgIpc) is 2.13. The zero-order chi connectivity index (χ0) is 11.9. The molecule has 0 aliphatic heterocycles. The predicted molar refractivity (Wildman–Crippen MR) is 66.2 cm³/mol. The molecule has 3 nitrogen and oxygen atoms in total. The summed E-state index contributed by atoms with van der Waals surface area (Å²) in [5.74, 6) is 0. The molecular formula is C12H28N2O. The standard InChI is InChI=1S/C12H28N2O/c1-6-7-8-14(5)9-12(4,10-15)13-11(2)3/h11,13,15H,6-10H2,1-5H3. The van der Waals surface area contributed by atoms with Gasteiger partial charge in [-0.05, 0) is 26.9 Å². The first-order valence-corrected chi connectivity index (χ1v) is 6.00. The highest BCUT2D eigenvalue weighted by molar-refractivity contribution is 4.86. The molecule has 15 heavy (non-hydrogen) atoms. The van der Waals surface area contributed by atoms with Crippen molar-refractivity contribution in [3.8, 4) is 0 Å². The van der Waals surface area contributed by atoms with Gasteiger partial charge in [-0.15, -0.1) is 0 Å². The number of rotatable bonds is 8. The summed E-state index contributed by atoms with van der Waals surface area (Å²) in [6.07, 6.45) is 2.44. The highest BCUT2D eigenvalue weighted by atomic mass is 16.3. The van der Waals surface area contributed by atoms with Crippen LogP contribution in [0, 0.1) is 0 Å². The average molecular weight is 216 g/mol. The summed E-state index contributed by atoms with van der Waals surface area (Å²) >= 11 is 0. The molecule has 0 aromatic heterocycles. The number of aliphatic hydroxyl groups is 1. The Hall–Kier alpha value is -0.120. The fourth-order valence-electron chi connectivity index (χ4n) is 1.94. The maximum absolute atomic E-state index is 9.42. The van der Waals surface area contributed by atoms with Crippen LogP contribution in [-0.4, -0.2) is 48.3 Å². The molecule has 1 unspecified atom stereocenters. The van der Waals surface area contributed by atoms with Gasteiger partial charge in [0.15, 0.2) is 0 Å². The van der Waals surface area contributed by atoms with Crippen LogP contribution in [0.4, 0.5) is 0 Å². The third-order valence-electron chi connectivity index (χ3n) is 2.50. The van der Waals surface area contributed by atoms with E-state index < -0.39 is 0 Å². The minimum atomic E-state index is -0.184. The van der Waals surface area contributed by atoms with E-state index in [0.717, 1.165) is 13.1 Å². The molecule has 0 aliphatic rings. The van der Waals surface area contributed by atoms with E-state index in [1.54, 1.807) is 0 Å². The molecule has 0 aromatic rings. The van der Waals surface area contributed by atoms with Crippen LogP contribution in [0.2, 0.25) is 0 Å². The Kier molecular flexibility index (Phi) is 7.14. The maximum atomic E-state index is 9.42. The predicted octanol–water partition coefficient (Wildman–Crippen LogP) is 1.47.